The maximum Gasteiger partial charge on any atom is 0.182 e. The second-order valence-corrected chi connectivity index (χ2v) is 5.56. The maximum absolute atomic E-state index is 13.8. The third-order valence-electron chi connectivity index (χ3n) is 4.19. The minimum absolute atomic E-state index is 0.0645. The summed E-state index contributed by atoms with van der Waals surface area (Å²) in [6.07, 6.45) is 3.76. The molecule has 0 spiro atoms. The number of aliphatic hydroxyl groups excluding tert-OH is 1. The van der Waals surface area contributed by atoms with Gasteiger partial charge in [0.25, 0.3) is 0 Å². The van der Waals surface area contributed by atoms with Crippen molar-refractivity contribution >= 4 is 5.78 Å². The molecule has 1 N–H and O–H groups in total. The van der Waals surface area contributed by atoms with Crippen LogP contribution in [0, 0.1) is 11.6 Å². The molecular weight excluding hydrogens is 276 g/mol. The molecule has 1 unspecified atom stereocenters. The fraction of sp³-hybridized carbons (Fsp3) is 0.562. The molecule has 116 valence electrons. The molecule has 1 aliphatic rings. The summed E-state index contributed by atoms with van der Waals surface area (Å²) in [5.41, 5.74) is -0.0720. The lowest BCUT2D eigenvalue weighted by molar-refractivity contribution is 0.0581. The van der Waals surface area contributed by atoms with E-state index in [0.717, 1.165) is 31.4 Å². The molecule has 1 aromatic rings. The van der Waals surface area contributed by atoms with Gasteiger partial charge in [0.05, 0.1) is 11.6 Å². The van der Waals surface area contributed by atoms with Crippen LogP contribution in [0.25, 0.3) is 0 Å². The molecule has 0 heterocycles. The normalized spacial score (nSPS) is 16.8. The summed E-state index contributed by atoms with van der Waals surface area (Å²) in [6.45, 7) is 2.42. The van der Waals surface area contributed by atoms with Gasteiger partial charge >= 0.3 is 0 Å². The van der Waals surface area contributed by atoms with Crippen molar-refractivity contribution in [3.8, 4) is 0 Å². The van der Waals surface area contributed by atoms with Crippen LogP contribution in [0.5, 0.6) is 0 Å². The van der Waals surface area contributed by atoms with E-state index >= 15 is 0 Å². The van der Waals surface area contributed by atoms with Gasteiger partial charge in [-0.15, -0.1) is 0 Å². The van der Waals surface area contributed by atoms with Crippen molar-refractivity contribution in [1.82, 2.24) is 4.90 Å². The largest absolute Gasteiger partial charge is 0.396 e. The van der Waals surface area contributed by atoms with Crippen LogP contribution in [0.2, 0.25) is 0 Å². The zero-order valence-electron chi connectivity index (χ0n) is 12.2. The van der Waals surface area contributed by atoms with Crippen LogP contribution in [0.3, 0.4) is 0 Å². The molecule has 1 aromatic carbocycles. The first-order chi connectivity index (χ1) is 10.0. The fourth-order valence-electron chi connectivity index (χ4n) is 2.73. The molecule has 0 aliphatic heterocycles. The van der Waals surface area contributed by atoms with E-state index in [0.29, 0.717) is 19.0 Å². The number of Topliss-reactive ketones (excluding diaryl/α,β-unsaturated/α-hetero) is 1. The number of benzene rings is 1. The summed E-state index contributed by atoms with van der Waals surface area (Å²) in [4.78, 5) is 14.5. The van der Waals surface area contributed by atoms with Gasteiger partial charge in [0.1, 0.15) is 11.6 Å². The smallest absolute Gasteiger partial charge is 0.182 e. The summed E-state index contributed by atoms with van der Waals surface area (Å²) in [5.74, 6) is -1.84. The van der Waals surface area contributed by atoms with Gasteiger partial charge in [-0.2, -0.15) is 0 Å². The third-order valence-corrected chi connectivity index (χ3v) is 4.19. The van der Waals surface area contributed by atoms with E-state index in [-0.39, 0.29) is 18.0 Å². The van der Waals surface area contributed by atoms with E-state index in [1.807, 2.05) is 4.90 Å². The molecule has 21 heavy (non-hydrogen) atoms. The molecule has 1 saturated carbocycles. The highest BCUT2D eigenvalue weighted by atomic mass is 19.1. The Hall–Kier alpha value is -1.33. The fourth-order valence-corrected chi connectivity index (χ4v) is 2.73. The second-order valence-electron chi connectivity index (χ2n) is 5.56. The molecule has 3 nitrogen and oxygen atoms in total. The van der Waals surface area contributed by atoms with Crippen LogP contribution >= 0.6 is 0 Å². The summed E-state index contributed by atoms with van der Waals surface area (Å²) in [5, 5.41) is 8.99. The highest BCUT2D eigenvalue weighted by Gasteiger charge is 2.32. The van der Waals surface area contributed by atoms with Crippen LogP contribution < -0.4 is 0 Å². The van der Waals surface area contributed by atoms with Crippen molar-refractivity contribution in [3.05, 3.63) is 35.4 Å². The zero-order chi connectivity index (χ0) is 15.4. The Morgan fingerprint density at radius 3 is 2.67 bits per heavy atom. The van der Waals surface area contributed by atoms with Crippen molar-refractivity contribution in [2.75, 3.05) is 13.2 Å². The van der Waals surface area contributed by atoms with Gasteiger partial charge in [-0.1, -0.05) is 6.42 Å². The van der Waals surface area contributed by atoms with Gasteiger partial charge in [-0.3, -0.25) is 9.69 Å². The van der Waals surface area contributed by atoms with Gasteiger partial charge in [0.2, 0.25) is 0 Å². The van der Waals surface area contributed by atoms with Crippen LogP contribution in [0.4, 0.5) is 8.78 Å². The lowest BCUT2D eigenvalue weighted by Crippen LogP contribution is -2.49. The summed E-state index contributed by atoms with van der Waals surface area (Å²) >= 11 is 0. The molecular formula is C16H21F2NO2. The van der Waals surface area contributed by atoms with Crippen molar-refractivity contribution < 1.29 is 18.7 Å². The van der Waals surface area contributed by atoms with Gasteiger partial charge in [0.15, 0.2) is 5.78 Å². The number of hydrogen-bond acceptors (Lipinski definition) is 3. The van der Waals surface area contributed by atoms with Gasteiger partial charge in [-0.25, -0.2) is 8.78 Å². The lowest BCUT2D eigenvalue weighted by Gasteiger charge is -2.40. The molecule has 0 aromatic heterocycles. The van der Waals surface area contributed by atoms with Gasteiger partial charge in [0, 0.05) is 25.3 Å². The topological polar surface area (TPSA) is 40.5 Å². The van der Waals surface area contributed by atoms with Crippen LogP contribution in [0.15, 0.2) is 18.2 Å². The Balaban J connectivity index is 2.14. The molecule has 0 radical (unpaired) electrons. The Bertz CT molecular complexity index is 503. The first-order valence-electron chi connectivity index (χ1n) is 7.40. The summed E-state index contributed by atoms with van der Waals surface area (Å²) in [7, 11) is 0. The number of rotatable bonds is 7. The van der Waals surface area contributed by atoms with Crippen molar-refractivity contribution in [2.24, 2.45) is 0 Å². The molecule has 2 rings (SSSR count). The Morgan fingerprint density at radius 2 is 2.14 bits per heavy atom. The number of nitrogens with zero attached hydrogens (tertiary/aromatic N) is 1. The minimum atomic E-state index is -0.817. The number of carbonyl (C=O) groups excluding carboxylic acids is 1. The average Bonchev–Trinajstić information content (AvgIpc) is 2.39. The highest BCUT2D eigenvalue weighted by molar-refractivity contribution is 6.00. The average molecular weight is 297 g/mol. The maximum atomic E-state index is 13.8. The second kappa shape index (κ2) is 7.09. The van der Waals surface area contributed by atoms with E-state index in [9.17, 15) is 13.6 Å². The van der Waals surface area contributed by atoms with Gasteiger partial charge < -0.3 is 5.11 Å². The predicted octanol–water partition coefficient (Wildman–Crippen LogP) is 2.77. The van der Waals surface area contributed by atoms with E-state index in [1.54, 1.807) is 6.92 Å². The molecule has 1 aliphatic carbocycles. The van der Waals surface area contributed by atoms with E-state index in [1.165, 1.54) is 6.07 Å². The Kier molecular flexibility index (Phi) is 5.42. The molecule has 5 heteroatoms. The predicted molar refractivity (Wildman–Crippen MR) is 76.2 cm³/mol. The number of halogens is 2. The van der Waals surface area contributed by atoms with Crippen LogP contribution in [0.1, 0.15) is 43.0 Å². The number of carbonyl (C=O) groups is 1. The van der Waals surface area contributed by atoms with Crippen molar-refractivity contribution in [3.63, 3.8) is 0 Å². The first kappa shape index (κ1) is 16.0. The first-order valence-corrected chi connectivity index (χ1v) is 7.40. The molecule has 0 bridgehead atoms. The quantitative estimate of drug-likeness (QED) is 0.787. The SMILES string of the molecule is CC(C(=O)c1ccc(F)cc1F)N(CCCO)C1CCC1. The van der Waals surface area contributed by atoms with Gasteiger partial charge in [-0.05, 0) is 38.3 Å². The Morgan fingerprint density at radius 1 is 1.43 bits per heavy atom. The number of hydrogen-bond donors (Lipinski definition) is 1. The minimum Gasteiger partial charge on any atom is -0.396 e. The molecule has 1 atom stereocenters. The monoisotopic (exact) mass is 297 g/mol. The third kappa shape index (κ3) is 3.66. The number of ketones is 1. The lowest BCUT2D eigenvalue weighted by atomic mass is 9.89. The molecule has 0 amide bonds. The summed E-state index contributed by atoms with van der Waals surface area (Å²) < 4.78 is 26.7. The van der Waals surface area contributed by atoms with Crippen LogP contribution in [-0.2, 0) is 0 Å². The molecule has 0 saturated heterocycles. The zero-order valence-corrected chi connectivity index (χ0v) is 12.2. The molecule has 1 fully saturated rings. The van der Waals surface area contributed by atoms with Crippen LogP contribution in [-0.4, -0.2) is 41.0 Å². The van der Waals surface area contributed by atoms with Crippen molar-refractivity contribution in [1.29, 1.82) is 0 Å². The highest BCUT2D eigenvalue weighted by Crippen LogP contribution is 2.28. The standard InChI is InChI=1S/C16H21F2NO2/c1-11(19(8-3-9-20)13-4-2-5-13)16(21)14-7-6-12(17)10-15(14)18/h6-7,10-11,13,20H,2-5,8-9H2,1H3. The summed E-state index contributed by atoms with van der Waals surface area (Å²) in [6, 6.07) is 2.89. The van der Waals surface area contributed by atoms with E-state index in [4.69, 9.17) is 5.11 Å². The Labute approximate surface area is 123 Å². The number of aliphatic hydroxyl groups is 1. The van der Waals surface area contributed by atoms with E-state index in [2.05, 4.69) is 0 Å². The van der Waals surface area contributed by atoms with E-state index < -0.39 is 17.7 Å². The van der Waals surface area contributed by atoms with Crippen molar-refractivity contribution in [2.45, 2.75) is 44.7 Å².